The zero-order valence-corrected chi connectivity index (χ0v) is 11.1. The van der Waals surface area contributed by atoms with E-state index in [1.165, 1.54) is 18.2 Å². The lowest BCUT2D eigenvalue weighted by atomic mass is 10.2. The Hall–Kier alpha value is -1.13. The highest BCUT2D eigenvalue weighted by atomic mass is 35.5. The number of hydrogen-bond acceptors (Lipinski definition) is 4. The van der Waals surface area contributed by atoms with Crippen molar-refractivity contribution < 1.29 is 8.42 Å². The van der Waals surface area contributed by atoms with Crippen LogP contribution >= 0.6 is 11.6 Å². The summed E-state index contributed by atoms with van der Waals surface area (Å²) in [6.45, 7) is 1.42. The molecule has 1 aliphatic heterocycles. The minimum atomic E-state index is -3.63. The first-order chi connectivity index (χ1) is 8.53. The number of nitriles is 1. The second kappa shape index (κ2) is 5.24. The lowest BCUT2D eigenvalue weighted by molar-refractivity contribution is 0.560. The number of rotatable bonds is 3. The third kappa shape index (κ3) is 2.82. The highest BCUT2D eigenvalue weighted by Crippen LogP contribution is 2.22. The van der Waals surface area contributed by atoms with Crippen LogP contribution in [0.1, 0.15) is 12.0 Å². The Morgan fingerprint density at radius 2 is 2.28 bits per heavy atom. The third-order valence-corrected chi connectivity index (χ3v) is 4.74. The summed E-state index contributed by atoms with van der Waals surface area (Å²) in [6.07, 6.45) is 0.757. The first-order valence-corrected chi connectivity index (χ1v) is 7.32. The Balaban J connectivity index is 2.27. The van der Waals surface area contributed by atoms with E-state index in [4.69, 9.17) is 16.9 Å². The SMILES string of the molecule is N#Cc1ccc(S(=O)(=O)N[C@H]2CCNC2)c(Cl)c1. The Bertz CT molecular complexity index is 589. The van der Waals surface area contributed by atoms with Crippen LogP contribution in [0.3, 0.4) is 0 Å². The molecule has 2 N–H and O–H groups in total. The molecule has 0 saturated carbocycles. The van der Waals surface area contributed by atoms with Crippen molar-refractivity contribution in [2.75, 3.05) is 13.1 Å². The lowest BCUT2D eigenvalue weighted by Gasteiger charge is -2.13. The number of halogens is 1. The molecule has 1 aliphatic rings. The van der Waals surface area contributed by atoms with Gasteiger partial charge in [0.05, 0.1) is 16.7 Å². The lowest BCUT2D eigenvalue weighted by Crippen LogP contribution is -2.36. The second-order valence-corrected chi connectivity index (χ2v) is 6.16. The van der Waals surface area contributed by atoms with E-state index >= 15 is 0 Å². The van der Waals surface area contributed by atoms with E-state index in [1.807, 2.05) is 6.07 Å². The Labute approximate surface area is 111 Å². The largest absolute Gasteiger partial charge is 0.315 e. The van der Waals surface area contributed by atoms with Crippen LogP contribution in [0.4, 0.5) is 0 Å². The van der Waals surface area contributed by atoms with E-state index in [2.05, 4.69) is 10.0 Å². The molecule has 1 aromatic rings. The average molecular weight is 286 g/mol. The number of nitrogens with zero attached hydrogens (tertiary/aromatic N) is 1. The minimum Gasteiger partial charge on any atom is -0.315 e. The maximum Gasteiger partial charge on any atom is 0.242 e. The second-order valence-electron chi connectivity index (χ2n) is 4.07. The number of hydrogen-bond donors (Lipinski definition) is 2. The van der Waals surface area contributed by atoms with Gasteiger partial charge in [-0.25, -0.2) is 13.1 Å². The van der Waals surface area contributed by atoms with Crippen molar-refractivity contribution in [3.05, 3.63) is 28.8 Å². The van der Waals surface area contributed by atoms with Crippen LogP contribution in [-0.2, 0) is 10.0 Å². The van der Waals surface area contributed by atoms with Crippen LogP contribution in [0.2, 0.25) is 5.02 Å². The molecular weight excluding hydrogens is 274 g/mol. The summed E-state index contributed by atoms with van der Waals surface area (Å²) in [7, 11) is -3.63. The average Bonchev–Trinajstić information content (AvgIpc) is 2.80. The van der Waals surface area contributed by atoms with Crippen molar-refractivity contribution in [2.45, 2.75) is 17.4 Å². The molecule has 1 fully saturated rings. The van der Waals surface area contributed by atoms with Gasteiger partial charge < -0.3 is 5.32 Å². The van der Waals surface area contributed by atoms with Crippen molar-refractivity contribution in [1.29, 1.82) is 5.26 Å². The summed E-state index contributed by atoms with van der Waals surface area (Å²) >= 11 is 5.89. The molecule has 0 aromatic heterocycles. The van der Waals surface area contributed by atoms with E-state index in [0.717, 1.165) is 13.0 Å². The van der Waals surface area contributed by atoms with Gasteiger partial charge in [-0.05, 0) is 31.2 Å². The summed E-state index contributed by atoms with van der Waals surface area (Å²) in [5, 5.41) is 11.8. The van der Waals surface area contributed by atoms with Gasteiger partial charge in [-0.15, -0.1) is 0 Å². The maximum atomic E-state index is 12.1. The minimum absolute atomic E-state index is 0.00932. The molecule has 0 bridgehead atoms. The van der Waals surface area contributed by atoms with Gasteiger partial charge in [-0.2, -0.15) is 5.26 Å². The van der Waals surface area contributed by atoms with Gasteiger partial charge in [0.1, 0.15) is 4.90 Å². The molecule has 18 heavy (non-hydrogen) atoms. The van der Waals surface area contributed by atoms with Gasteiger partial charge in [-0.1, -0.05) is 11.6 Å². The zero-order chi connectivity index (χ0) is 13.2. The zero-order valence-electron chi connectivity index (χ0n) is 9.48. The van der Waals surface area contributed by atoms with Gasteiger partial charge >= 0.3 is 0 Å². The molecule has 0 radical (unpaired) electrons. The molecule has 1 saturated heterocycles. The first-order valence-electron chi connectivity index (χ1n) is 5.45. The van der Waals surface area contributed by atoms with Gasteiger partial charge in [0.2, 0.25) is 10.0 Å². The van der Waals surface area contributed by atoms with Gasteiger partial charge in [-0.3, -0.25) is 0 Å². The summed E-state index contributed by atoms with van der Waals surface area (Å²) in [5.74, 6) is 0. The molecule has 2 rings (SSSR count). The van der Waals surface area contributed by atoms with Crippen LogP contribution in [0.25, 0.3) is 0 Å². The molecule has 0 spiro atoms. The van der Waals surface area contributed by atoms with Crippen molar-refractivity contribution >= 4 is 21.6 Å². The van der Waals surface area contributed by atoms with E-state index < -0.39 is 10.0 Å². The topological polar surface area (TPSA) is 82.0 Å². The van der Waals surface area contributed by atoms with Crippen LogP contribution in [0.15, 0.2) is 23.1 Å². The fourth-order valence-electron chi connectivity index (χ4n) is 1.83. The van der Waals surface area contributed by atoms with Crippen molar-refractivity contribution in [3.63, 3.8) is 0 Å². The number of nitrogens with one attached hydrogen (secondary N) is 2. The van der Waals surface area contributed by atoms with Gasteiger partial charge in [0.15, 0.2) is 0 Å². The Morgan fingerprint density at radius 1 is 1.50 bits per heavy atom. The standard InChI is InChI=1S/C11H12ClN3O2S/c12-10-5-8(6-13)1-2-11(10)18(16,17)15-9-3-4-14-7-9/h1-2,5,9,14-15H,3-4,7H2/t9-/m0/s1. The Morgan fingerprint density at radius 3 is 2.83 bits per heavy atom. The number of sulfonamides is 1. The molecule has 7 heteroatoms. The highest BCUT2D eigenvalue weighted by molar-refractivity contribution is 7.89. The molecule has 5 nitrogen and oxygen atoms in total. The van der Waals surface area contributed by atoms with Crippen molar-refractivity contribution in [2.24, 2.45) is 0 Å². The normalized spacial score (nSPS) is 19.7. The van der Waals surface area contributed by atoms with Crippen molar-refractivity contribution in [3.8, 4) is 6.07 Å². The molecule has 0 unspecified atom stereocenters. The first kappa shape index (κ1) is 13.3. The quantitative estimate of drug-likeness (QED) is 0.863. The maximum absolute atomic E-state index is 12.1. The smallest absolute Gasteiger partial charge is 0.242 e. The third-order valence-electron chi connectivity index (χ3n) is 2.73. The summed E-state index contributed by atoms with van der Waals surface area (Å²) in [5.41, 5.74) is 0.335. The molecule has 1 atom stereocenters. The molecule has 96 valence electrons. The van der Waals surface area contributed by atoms with Crippen LogP contribution < -0.4 is 10.0 Å². The van der Waals surface area contributed by atoms with Gasteiger partial charge in [0.25, 0.3) is 0 Å². The van der Waals surface area contributed by atoms with E-state index in [0.29, 0.717) is 12.1 Å². The summed E-state index contributed by atoms with van der Waals surface area (Å²) < 4.78 is 26.8. The predicted octanol–water partition coefficient (Wildman–Crippen LogP) is 0.852. The molecule has 0 amide bonds. The highest BCUT2D eigenvalue weighted by Gasteiger charge is 2.24. The molecular formula is C11H12ClN3O2S. The van der Waals surface area contributed by atoms with Crippen molar-refractivity contribution in [1.82, 2.24) is 10.0 Å². The fraction of sp³-hybridized carbons (Fsp3) is 0.364. The summed E-state index contributed by atoms with van der Waals surface area (Å²) in [4.78, 5) is 0.00932. The monoisotopic (exact) mass is 285 g/mol. The molecule has 0 aliphatic carbocycles. The van der Waals surface area contributed by atoms with E-state index in [-0.39, 0.29) is 16.0 Å². The summed E-state index contributed by atoms with van der Waals surface area (Å²) in [6, 6.07) is 5.94. The molecule has 1 heterocycles. The van der Waals surface area contributed by atoms with Crippen LogP contribution in [-0.4, -0.2) is 27.5 Å². The molecule has 1 aromatic carbocycles. The fourth-order valence-corrected chi connectivity index (χ4v) is 3.64. The van der Waals surface area contributed by atoms with Gasteiger partial charge in [0, 0.05) is 12.6 Å². The van der Waals surface area contributed by atoms with Crippen LogP contribution in [0, 0.1) is 11.3 Å². The van der Waals surface area contributed by atoms with Crippen LogP contribution in [0.5, 0.6) is 0 Å². The van der Waals surface area contributed by atoms with E-state index in [9.17, 15) is 8.42 Å². The number of benzene rings is 1. The predicted molar refractivity (Wildman–Crippen MR) is 67.8 cm³/mol. The Kier molecular flexibility index (Phi) is 3.88. The van der Waals surface area contributed by atoms with E-state index in [1.54, 1.807) is 0 Å².